The van der Waals surface area contributed by atoms with E-state index in [-0.39, 0.29) is 6.04 Å². The average Bonchev–Trinajstić information content (AvgIpc) is 2.68. The van der Waals surface area contributed by atoms with E-state index in [4.69, 9.17) is 9.73 Å². The molecule has 25 heavy (non-hydrogen) atoms. The number of hydrogen-bond donors (Lipinski definition) is 0. The fourth-order valence-electron chi connectivity index (χ4n) is 3.73. The average molecular weight is 335 g/mol. The van der Waals surface area contributed by atoms with Gasteiger partial charge in [0.05, 0.1) is 24.2 Å². The summed E-state index contributed by atoms with van der Waals surface area (Å²) >= 11 is 0. The standard InChI is InChI=1S/C21H25N3O/c1-23-12-14-24(15-13-23)20-11-10-19-17(21(20)25-2)8-9-18(22-19)16-6-4-3-5-7-16/h3-8,10-11,18H,9,12-15H2,1-2H3. The Hall–Kier alpha value is -2.33. The molecule has 0 bridgehead atoms. The SMILES string of the molecule is COc1c(N2CCN(C)CC2)ccc2c1=CCC(c1ccccc1)N=2. The number of ether oxygens (including phenoxy) is 1. The van der Waals surface area contributed by atoms with Gasteiger partial charge in [-0.15, -0.1) is 0 Å². The predicted molar refractivity (Wildman–Crippen MR) is 102 cm³/mol. The highest BCUT2D eigenvalue weighted by Gasteiger charge is 2.20. The second-order valence-corrected chi connectivity index (χ2v) is 6.84. The quantitative estimate of drug-likeness (QED) is 0.859. The largest absolute Gasteiger partial charge is 0.494 e. The van der Waals surface area contributed by atoms with Crippen LogP contribution in [0.25, 0.3) is 6.08 Å². The minimum atomic E-state index is 0.202. The van der Waals surface area contributed by atoms with Crippen molar-refractivity contribution in [1.29, 1.82) is 0 Å². The highest BCUT2D eigenvalue weighted by molar-refractivity contribution is 5.61. The first-order valence-corrected chi connectivity index (χ1v) is 9.00. The van der Waals surface area contributed by atoms with Crippen LogP contribution in [0.3, 0.4) is 0 Å². The number of hydrogen-bond acceptors (Lipinski definition) is 4. The van der Waals surface area contributed by atoms with Crippen LogP contribution in [-0.2, 0) is 0 Å². The molecule has 2 aromatic carbocycles. The monoisotopic (exact) mass is 335 g/mol. The maximum Gasteiger partial charge on any atom is 0.151 e. The van der Waals surface area contributed by atoms with Crippen LogP contribution in [0.4, 0.5) is 5.69 Å². The van der Waals surface area contributed by atoms with Crippen LogP contribution in [-0.4, -0.2) is 45.2 Å². The number of nitrogens with zero attached hydrogens (tertiary/aromatic N) is 3. The van der Waals surface area contributed by atoms with E-state index in [2.05, 4.69) is 65.4 Å². The third kappa shape index (κ3) is 3.14. The van der Waals surface area contributed by atoms with Crippen molar-refractivity contribution in [2.75, 3.05) is 45.2 Å². The van der Waals surface area contributed by atoms with E-state index in [9.17, 15) is 0 Å². The molecule has 2 heterocycles. The fourth-order valence-corrected chi connectivity index (χ4v) is 3.73. The van der Waals surface area contributed by atoms with Gasteiger partial charge >= 0.3 is 0 Å². The summed E-state index contributed by atoms with van der Waals surface area (Å²) in [5.74, 6) is 0.970. The fraction of sp³-hybridized carbons (Fsp3) is 0.381. The van der Waals surface area contributed by atoms with Gasteiger partial charge in [0.25, 0.3) is 0 Å². The van der Waals surface area contributed by atoms with Crippen molar-refractivity contribution in [3.63, 3.8) is 0 Å². The summed E-state index contributed by atoms with van der Waals surface area (Å²) < 4.78 is 5.82. The molecule has 0 radical (unpaired) electrons. The molecule has 4 nitrogen and oxygen atoms in total. The minimum absolute atomic E-state index is 0.202. The number of likely N-dealkylation sites (N-methyl/N-ethyl adjacent to an activating group) is 1. The Morgan fingerprint density at radius 2 is 1.76 bits per heavy atom. The zero-order valence-corrected chi connectivity index (χ0v) is 15.0. The normalized spacial score (nSPS) is 20.4. The Morgan fingerprint density at radius 1 is 1.00 bits per heavy atom. The zero-order valence-electron chi connectivity index (χ0n) is 15.0. The third-order valence-electron chi connectivity index (χ3n) is 5.22. The molecule has 2 aliphatic rings. The molecule has 1 saturated heterocycles. The molecule has 1 fully saturated rings. The number of benzene rings is 2. The highest BCUT2D eigenvalue weighted by atomic mass is 16.5. The Labute approximate surface area is 149 Å². The van der Waals surface area contributed by atoms with E-state index in [1.165, 1.54) is 11.3 Å². The molecular weight excluding hydrogens is 310 g/mol. The van der Waals surface area contributed by atoms with Gasteiger partial charge in [0.2, 0.25) is 0 Å². The number of methoxy groups -OCH3 is 1. The summed E-state index contributed by atoms with van der Waals surface area (Å²) in [6.45, 7) is 4.25. The van der Waals surface area contributed by atoms with Gasteiger partial charge < -0.3 is 14.5 Å². The van der Waals surface area contributed by atoms with Crippen molar-refractivity contribution in [2.24, 2.45) is 4.99 Å². The van der Waals surface area contributed by atoms with E-state index in [0.717, 1.165) is 48.9 Å². The summed E-state index contributed by atoms with van der Waals surface area (Å²) in [6, 6.07) is 15.0. The molecule has 0 spiro atoms. The summed E-state index contributed by atoms with van der Waals surface area (Å²) in [5, 5.41) is 2.18. The number of fused-ring (bicyclic) bond motifs is 1. The van der Waals surface area contributed by atoms with Crippen molar-refractivity contribution in [2.45, 2.75) is 12.5 Å². The van der Waals surface area contributed by atoms with Gasteiger partial charge in [0, 0.05) is 31.4 Å². The lowest BCUT2D eigenvalue weighted by Crippen LogP contribution is -2.45. The van der Waals surface area contributed by atoms with Crippen molar-refractivity contribution in [1.82, 2.24) is 4.90 Å². The summed E-state index contributed by atoms with van der Waals surface area (Å²) in [5.41, 5.74) is 2.46. The molecule has 2 aliphatic heterocycles. The summed E-state index contributed by atoms with van der Waals surface area (Å²) in [4.78, 5) is 9.78. The number of piperazine rings is 1. The van der Waals surface area contributed by atoms with Crippen molar-refractivity contribution in [3.05, 3.63) is 58.6 Å². The molecule has 0 aromatic heterocycles. The molecule has 2 aromatic rings. The molecule has 1 atom stereocenters. The van der Waals surface area contributed by atoms with Gasteiger partial charge in [0.15, 0.2) is 5.75 Å². The van der Waals surface area contributed by atoms with Gasteiger partial charge in [-0.2, -0.15) is 0 Å². The van der Waals surface area contributed by atoms with E-state index >= 15 is 0 Å². The van der Waals surface area contributed by atoms with E-state index < -0.39 is 0 Å². The number of rotatable bonds is 3. The lowest BCUT2D eigenvalue weighted by molar-refractivity contribution is 0.311. The van der Waals surface area contributed by atoms with Crippen LogP contribution < -0.4 is 20.2 Å². The van der Waals surface area contributed by atoms with E-state index in [0.29, 0.717) is 0 Å². The maximum absolute atomic E-state index is 5.82. The predicted octanol–water partition coefficient (Wildman–Crippen LogP) is 1.99. The van der Waals surface area contributed by atoms with Crippen LogP contribution in [0, 0.1) is 0 Å². The van der Waals surface area contributed by atoms with Crippen molar-refractivity contribution >= 4 is 11.8 Å². The van der Waals surface area contributed by atoms with Crippen LogP contribution in [0.1, 0.15) is 18.0 Å². The molecular formula is C21H25N3O. The Balaban J connectivity index is 1.72. The van der Waals surface area contributed by atoms with Gasteiger partial charge in [-0.05, 0) is 31.2 Å². The Bertz CT molecular complexity index is 855. The van der Waals surface area contributed by atoms with Crippen LogP contribution >= 0.6 is 0 Å². The van der Waals surface area contributed by atoms with Crippen LogP contribution in [0.15, 0.2) is 47.5 Å². The van der Waals surface area contributed by atoms with Gasteiger partial charge in [-0.25, -0.2) is 0 Å². The topological polar surface area (TPSA) is 28.1 Å². The van der Waals surface area contributed by atoms with Crippen LogP contribution in [0.2, 0.25) is 0 Å². The minimum Gasteiger partial charge on any atom is -0.494 e. The smallest absolute Gasteiger partial charge is 0.151 e. The molecule has 0 saturated carbocycles. The molecule has 0 aliphatic carbocycles. The Kier molecular flexibility index (Phi) is 4.45. The first kappa shape index (κ1) is 16.2. The van der Waals surface area contributed by atoms with E-state index in [1.807, 2.05) is 0 Å². The van der Waals surface area contributed by atoms with Gasteiger partial charge in [-0.1, -0.05) is 36.4 Å². The second kappa shape index (κ2) is 6.89. The molecule has 1 unspecified atom stereocenters. The van der Waals surface area contributed by atoms with Crippen molar-refractivity contribution in [3.8, 4) is 5.75 Å². The van der Waals surface area contributed by atoms with Crippen molar-refractivity contribution < 1.29 is 4.74 Å². The number of anilines is 1. The lowest BCUT2D eigenvalue weighted by atomic mass is 10.0. The van der Waals surface area contributed by atoms with E-state index in [1.54, 1.807) is 7.11 Å². The first-order chi connectivity index (χ1) is 12.3. The van der Waals surface area contributed by atoms with Gasteiger partial charge in [0.1, 0.15) is 0 Å². The maximum atomic E-state index is 5.82. The summed E-state index contributed by atoms with van der Waals surface area (Å²) in [7, 11) is 3.95. The lowest BCUT2D eigenvalue weighted by Gasteiger charge is -2.35. The highest BCUT2D eigenvalue weighted by Crippen LogP contribution is 2.27. The van der Waals surface area contributed by atoms with Gasteiger partial charge in [-0.3, -0.25) is 4.99 Å². The molecule has 4 rings (SSSR count). The second-order valence-electron chi connectivity index (χ2n) is 6.84. The zero-order chi connectivity index (χ0) is 17.2. The summed E-state index contributed by atoms with van der Waals surface area (Å²) in [6.07, 6.45) is 3.21. The molecule has 4 heteroatoms. The molecule has 0 N–H and O–H groups in total. The Morgan fingerprint density at radius 3 is 2.48 bits per heavy atom. The molecule has 130 valence electrons. The molecule has 0 amide bonds. The third-order valence-corrected chi connectivity index (χ3v) is 5.22. The van der Waals surface area contributed by atoms with Crippen LogP contribution in [0.5, 0.6) is 5.75 Å². The first-order valence-electron chi connectivity index (χ1n) is 9.00.